The largest absolute Gasteiger partial charge is 0.376 e. The van der Waals surface area contributed by atoms with Gasteiger partial charge in [-0.05, 0) is 43.4 Å². The van der Waals surface area contributed by atoms with E-state index in [0.29, 0.717) is 12.1 Å². The SMILES string of the molecule is Clc1ccc2nc(NC3CCOC3C3CC3)sc2c1. The molecule has 3 nitrogen and oxygen atoms in total. The Morgan fingerprint density at radius 1 is 1.32 bits per heavy atom. The van der Waals surface area contributed by atoms with Gasteiger partial charge < -0.3 is 10.1 Å². The van der Waals surface area contributed by atoms with Crippen molar-refractivity contribution in [2.24, 2.45) is 5.92 Å². The quantitative estimate of drug-likeness (QED) is 0.931. The number of nitrogens with zero attached hydrogens (tertiary/aromatic N) is 1. The number of aromatic nitrogens is 1. The molecule has 2 atom stereocenters. The van der Waals surface area contributed by atoms with E-state index in [2.05, 4.69) is 10.3 Å². The van der Waals surface area contributed by atoms with E-state index in [0.717, 1.165) is 39.3 Å². The summed E-state index contributed by atoms with van der Waals surface area (Å²) in [5.41, 5.74) is 1.01. The van der Waals surface area contributed by atoms with E-state index in [9.17, 15) is 0 Å². The van der Waals surface area contributed by atoms with Crippen LogP contribution in [0.5, 0.6) is 0 Å². The standard InChI is InChI=1S/C14H15ClN2OS/c15-9-3-4-10-12(7-9)19-14(16-10)17-11-5-6-18-13(11)8-1-2-8/h3-4,7-8,11,13H,1-2,5-6H2,(H,16,17). The number of anilines is 1. The third kappa shape index (κ3) is 2.33. The number of rotatable bonds is 3. The smallest absolute Gasteiger partial charge is 0.184 e. The van der Waals surface area contributed by atoms with E-state index in [1.165, 1.54) is 12.8 Å². The van der Waals surface area contributed by atoms with Crippen molar-refractivity contribution in [2.75, 3.05) is 11.9 Å². The summed E-state index contributed by atoms with van der Waals surface area (Å²) < 4.78 is 6.98. The number of hydrogen-bond acceptors (Lipinski definition) is 4. The van der Waals surface area contributed by atoms with Crippen LogP contribution in [0, 0.1) is 5.92 Å². The second-order valence-corrected chi connectivity index (χ2v) is 6.81. The Morgan fingerprint density at radius 2 is 2.21 bits per heavy atom. The molecule has 1 aliphatic heterocycles. The van der Waals surface area contributed by atoms with Crippen LogP contribution in [-0.4, -0.2) is 23.7 Å². The molecule has 0 bridgehead atoms. The molecule has 1 aromatic carbocycles. The fourth-order valence-corrected chi connectivity index (χ4v) is 3.98. The number of halogens is 1. The summed E-state index contributed by atoms with van der Waals surface area (Å²) in [5.74, 6) is 0.767. The Morgan fingerprint density at radius 3 is 3.05 bits per heavy atom. The zero-order chi connectivity index (χ0) is 12.8. The highest BCUT2D eigenvalue weighted by Crippen LogP contribution is 2.40. The minimum Gasteiger partial charge on any atom is -0.376 e. The van der Waals surface area contributed by atoms with E-state index >= 15 is 0 Å². The number of hydrogen-bond donors (Lipinski definition) is 1. The van der Waals surface area contributed by atoms with Crippen LogP contribution < -0.4 is 5.32 Å². The fraction of sp³-hybridized carbons (Fsp3) is 0.500. The Labute approximate surface area is 120 Å². The average Bonchev–Trinajstić information content (AvgIpc) is 3.00. The molecule has 2 heterocycles. The van der Waals surface area contributed by atoms with E-state index in [4.69, 9.17) is 16.3 Å². The lowest BCUT2D eigenvalue weighted by atomic mass is 10.1. The molecule has 2 aliphatic rings. The molecule has 1 N–H and O–H groups in total. The molecule has 2 unspecified atom stereocenters. The van der Waals surface area contributed by atoms with Crippen molar-refractivity contribution in [3.63, 3.8) is 0 Å². The van der Waals surface area contributed by atoms with Gasteiger partial charge in [-0.25, -0.2) is 4.98 Å². The lowest BCUT2D eigenvalue weighted by molar-refractivity contribution is 0.0898. The third-order valence-electron chi connectivity index (χ3n) is 3.88. The highest BCUT2D eigenvalue weighted by molar-refractivity contribution is 7.22. The molecule has 1 aromatic heterocycles. The average molecular weight is 295 g/mol. The van der Waals surface area contributed by atoms with E-state index < -0.39 is 0 Å². The van der Waals surface area contributed by atoms with Gasteiger partial charge in [0.2, 0.25) is 0 Å². The number of fused-ring (bicyclic) bond motifs is 1. The van der Waals surface area contributed by atoms with E-state index in [1.54, 1.807) is 11.3 Å². The Hall–Kier alpha value is -0.840. The van der Waals surface area contributed by atoms with Crippen LogP contribution in [0.25, 0.3) is 10.2 Å². The van der Waals surface area contributed by atoms with Gasteiger partial charge in [0.15, 0.2) is 5.13 Å². The molecular weight excluding hydrogens is 280 g/mol. The highest BCUT2D eigenvalue weighted by Gasteiger charge is 2.40. The Bertz CT molecular complexity index is 611. The Balaban J connectivity index is 1.57. The lowest BCUT2D eigenvalue weighted by Gasteiger charge is -2.18. The van der Waals surface area contributed by atoms with Crippen LogP contribution >= 0.6 is 22.9 Å². The van der Waals surface area contributed by atoms with Gasteiger partial charge in [-0.2, -0.15) is 0 Å². The van der Waals surface area contributed by atoms with Crippen molar-refractivity contribution in [3.05, 3.63) is 23.2 Å². The molecule has 1 saturated carbocycles. The summed E-state index contributed by atoms with van der Waals surface area (Å²) >= 11 is 7.68. The van der Waals surface area contributed by atoms with Gasteiger partial charge in [0, 0.05) is 11.6 Å². The first-order valence-corrected chi connectivity index (χ1v) is 7.93. The van der Waals surface area contributed by atoms with Gasteiger partial charge in [0.05, 0.1) is 22.4 Å². The molecule has 2 aromatic rings. The summed E-state index contributed by atoms with van der Waals surface area (Å²) in [4.78, 5) is 4.62. The molecule has 1 aliphatic carbocycles. The molecule has 19 heavy (non-hydrogen) atoms. The zero-order valence-corrected chi connectivity index (χ0v) is 12.0. The first-order chi connectivity index (χ1) is 9.29. The van der Waals surface area contributed by atoms with Crippen molar-refractivity contribution >= 4 is 38.3 Å². The normalized spacial score (nSPS) is 27.0. The van der Waals surface area contributed by atoms with Crippen molar-refractivity contribution in [2.45, 2.75) is 31.4 Å². The number of nitrogens with one attached hydrogen (secondary N) is 1. The summed E-state index contributed by atoms with van der Waals surface area (Å²) in [7, 11) is 0. The summed E-state index contributed by atoms with van der Waals surface area (Å²) in [6.45, 7) is 0.871. The maximum Gasteiger partial charge on any atom is 0.184 e. The molecule has 5 heteroatoms. The minimum absolute atomic E-state index is 0.385. The molecule has 2 fully saturated rings. The van der Waals surface area contributed by atoms with Gasteiger partial charge in [-0.1, -0.05) is 22.9 Å². The molecule has 4 rings (SSSR count). The first-order valence-electron chi connectivity index (χ1n) is 6.74. The highest BCUT2D eigenvalue weighted by atomic mass is 35.5. The molecule has 1 saturated heterocycles. The third-order valence-corrected chi connectivity index (χ3v) is 5.07. The summed E-state index contributed by atoms with van der Waals surface area (Å²) in [6, 6.07) is 6.26. The second-order valence-electron chi connectivity index (χ2n) is 5.34. The number of benzene rings is 1. The van der Waals surface area contributed by atoms with Crippen LogP contribution in [0.3, 0.4) is 0 Å². The van der Waals surface area contributed by atoms with E-state index in [-0.39, 0.29) is 0 Å². The lowest BCUT2D eigenvalue weighted by Crippen LogP contribution is -2.30. The topological polar surface area (TPSA) is 34.2 Å². The number of ether oxygens (including phenoxy) is 1. The maximum atomic E-state index is 6.01. The van der Waals surface area contributed by atoms with Crippen LogP contribution in [0.1, 0.15) is 19.3 Å². The van der Waals surface area contributed by atoms with Crippen LogP contribution in [0.4, 0.5) is 5.13 Å². The van der Waals surface area contributed by atoms with Crippen LogP contribution in [0.15, 0.2) is 18.2 Å². The van der Waals surface area contributed by atoms with Gasteiger partial charge in [0.1, 0.15) is 0 Å². The summed E-state index contributed by atoms with van der Waals surface area (Å²) in [6.07, 6.45) is 4.10. The minimum atomic E-state index is 0.385. The van der Waals surface area contributed by atoms with Crippen molar-refractivity contribution in [1.82, 2.24) is 4.98 Å². The van der Waals surface area contributed by atoms with Crippen molar-refractivity contribution in [3.8, 4) is 0 Å². The van der Waals surface area contributed by atoms with E-state index in [1.807, 2.05) is 18.2 Å². The van der Waals surface area contributed by atoms with Crippen molar-refractivity contribution in [1.29, 1.82) is 0 Å². The monoisotopic (exact) mass is 294 g/mol. The zero-order valence-electron chi connectivity index (χ0n) is 10.4. The molecule has 100 valence electrons. The predicted molar refractivity (Wildman–Crippen MR) is 79.1 cm³/mol. The second kappa shape index (κ2) is 4.62. The first kappa shape index (κ1) is 11.9. The van der Waals surface area contributed by atoms with Gasteiger partial charge >= 0.3 is 0 Å². The van der Waals surface area contributed by atoms with Gasteiger partial charge in [-0.3, -0.25) is 0 Å². The fourth-order valence-electron chi connectivity index (χ4n) is 2.77. The van der Waals surface area contributed by atoms with Gasteiger partial charge in [0.25, 0.3) is 0 Å². The molecule has 0 radical (unpaired) electrons. The molecular formula is C14H15ClN2OS. The predicted octanol–water partition coefficient (Wildman–Crippen LogP) is 3.93. The van der Waals surface area contributed by atoms with Gasteiger partial charge in [-0.15, -0.1) is 0 Å². The van der Waals surface area contributed by atoms with Crippen molar-refractivity contribution < 1.29 is 4.74 Å². The molecule has 0 amide bonds. The summed E-state index contributed by atoms with van der Waals surface area (Å²) in [5, 5.41) is 5.31. The van der Waals surface area contributed by atoms with Crippen LogP contribution in [0.2, 0.25) is 5.02 Å². The Kier molecular flexibility index (Phi) is 2.90. The maximum absolute atomic E-state index is 6.01. The number of thiazole rings is 1. The molecule has 0 spiro atoms. The van der Waals surface area contributed by atoms with Crippen LogP contribution in [-0.2, 0) is 4.74 Å².